The molecule has 9 nitrogen and oxygen atoms in total. The minimum absolute atomic E-state index is 0.0342. The van der Waals surface area contributed by atoms with Gasteiger partial charge in [0.2, 0.25) is 0 Å². The highest BCUT2D eigenvalue weighted by atomic mass is 16.5. The second kappa shape index (κ2) is 10.3. The van der Waals surface area contributed by atoms with Gasteiger partial charge in [-0.1, -0.05) is 25.5 Å². The molecule has 0 bridgehead atoms. The summed E-state index contributed by atoms with van der Waals surface area (Å²) in [7, 11) is 1.56. The topological polar surface area (TPSA) is 124 Å². The molecule has 0 saturated heterocycles. The van der Waals surface area contributed by atoms with E-state index in [0.29, 0.717) is 24.5 Å². The van der Waals surface area contributed by atoms with Crippen molar-refractivity contribution in [1.29, 1.82) is 0 Å². The molecule has 0 atom stereocenters. The normalized spacial score (nSPS) is 11.1. The molecule has 2 heterocycles. The van der Waals surface area contributed by atoms with E-state index in [1.165, 1.54) is 21.8 Å². The SMILES string of the molecule is CCCCn1c(N)c(N(Cc2ccco2)C(=O)/C=C/c2cccc(OC)c2)c(=O)[nH]c1=O. The first kappa shape index (κ1) is 22.7. The molecule has 0 saturated carbocycles. The number of anilines is 2. The van der Waals surface area contributed by atoms with Crippen LogP contribution in [0.2, 0.25) is 0 Å². The summed E-state index contributed by atoms with van der Waals surface area (Å²) < 4.78 is 11.8. The number of ether oxygens (including phenoxy) is 1. The molecule has 0 aliphatic rings. The highest BCUT2D eigenvalue weighted by molar-refractivity contribution is 6.05. The summed E-state index contributed by atoms with van der Waals surface area (Å²) >= 11 is 0. The average molecular weight is 438 g/mol. The van der Waals surface area contributed by atoms with Gasteiger partial charge in [-0.25, -0.2) is 4.79 Å². The molecular formula is C23H26N4O5. The maximum absolute atomic E-state index is 13.2. The highest BCUT2D eigenvalue weighted by Crippen LogP contribution is 2.21. The fourth-order valence-corrected chi connectivity index (χ4v) is 3.20. The lowest BCUT2D eigenvalue weighted by molar-refractivity contribution is -0.114. The Balaban J connectivity index is 2.03. The molecule has 3 rings (SSSR count). The fraction of sp³-hybridized carbons (Fsp3) is 0.261. The number of nitrogens with two attached hydrogens (primary N) is 1. The Morgan fingerprint density at radius 1 is 1.28 bits per heavy atom. The molecule has 1 aromatic carbocycles. The molecule has 0 aliphatic carbocycles. The van der Waals surface area contributed by atoms with Gasteiger partial charge in [-0.3, -0.25) is 24.0 Å². The van der Waals surface area contributed by atoms with E-state index in [1.54, 1.807) is 43.5 Å². The van der Waals surface area contributed by atoms with Crippen LogP contribution in [0.3, 0.4) is 0 Å². The van der Waals surface area contributed by atoms with Gasteiger partial charge in [-0.2, -0.15) is 0 Å². The maximum atomic E-state index is 13.2. The molecule has 0 fully saturated rings. The van der Waals surface area contributed by atoms with Gasteiger partial charge in [-0.15, -0.1) is 0 Å². The fourth-order valence-electron chi connectivity index (χ4n) is 3.20. The first-order valence-corrected chi connectivity index (χ1v) is 10.2. The Hall–Kier alpha value is -4.01. The number of rotatable bonds is 9. The number of aromatic amines is 1. The van der Waals surface area contributed by atoms with Crippen molar-refractivity contribution >= 4 is 23.5 Å². The van der Waals surface area contributed by atoms with Crippen LogP contribution in [0.15, 0.2) is 62.7 Å². The van der Waals surface area contributed by atoms with E-state index in [9.17, 15) is 14.4 Å². The number of nitrogens with zero attached hydrogens (tertiary/aromatic N) is 2. The van der Waals surface area contributed by atoms with Crippen molar-refractivity contribution in [2.24, 2.45) is 0 Å². The van der Waals surface area contributed by atoms with Crippen molar-refractivity contribution in [2.75, 3.05) is 17.7 Å². The maximum Gasteiger partial charge on any atom is 0.330 e. The van der Waals surface area contributed by atoms with E-state index >= 15 is 0 Å². The Morgan fingerprint density at radius 2 is 2.09 bits per heavy atom. The number of unbranched alkanes of at least 4 members (excludes halogenated alkanes) is 1. The summed E-state index contributed by atoms with van der Waals surface area (Å²) in [5, 5.41) is 0. The largest absolute Gasteiger partial charge is 0.497 e. The van der Waals surface area contributed by atoms with E-state index in [1.807, 2.05) is 13.0 Å². The molecule has 9 heteroatoms. The van der Waals surface area contributed by atoms with Gasteiger partial charge in [-0.05, 0) is 42.3 Å². The number of carbonyl (C=O) groups excluding carboxylic acids is 1. The van der Waals surface area contributed by atoms with E-state index in [2.05, 4.69) is 4.98 Å². The van der Waals surface area contributed by atoms with Crippen LogP contribution in [0.25, 0.3) is 6.08 Å². The number of furan rings is 1. The van der Waals surface area contributed by atoms with Crippen LogP contribution in [0, 0.1) is 0 Å². The standard InChI is InChI=1S/C23H26N4O5/c1-3-4-12-26-21(24)20(22(29)25-23(26)30)27(15-18-9-6-13-32-18)19(28)11-10-16-7-5-8-17(14-16)31-2/h5-11,13-14H,3-4,12,15,24H2,1-2H3,(H,25,29,30)/b11-10+. The zero-order valence-corrected chi connectivity index (χ0v) is 18.0. The van der Waals surface area contributed by atoms with Gasteiger partial charge in [0.25, 0.3) is 11.5 Å². The summed E-state index contributed by atoms with van der Waals surface area (Å²) in [6.45, 7) is 2.27. The van der Waals surface area contributed by atoms with Crippen LogP contribution in [-0.2, 0) is 17.9 Å². The minimum Gasteiger partial charge on any atom is -0.497 e. The Labute approximate surface area is 184 Å². The molecule has 1 amide bonds. The number of hydrogen-bond donors (Lipinski definition) is 2. The Bertz CT molecular complexity index is 1210. The van der Waals surface area contributed by atoms with Crippen molar-refractivity contribution in [3.05, 3.63) is 80.9 Å². The molecule has 0 radical (unpaired) electrons. The van der Waals surface area contributed by atoms with Gasteiger partial charge in [0.05, 0.1) is 19.9 Å². The number of aromatic nitrogens is 2. The molecule has 32 heavy (non-hydrogen) atoms. The molecule has 2 aromatic heterocycles. The van der Waals surface area contributed by atoms with Crippen molar-refractivity contribution in [3.8, 4) is 5.75 Å². The molecule has 168 valence electrons. The van der Waals surface area contributed by atoms with Crippen LogP contribution in [0.5, 0.6) is 5.75 Å². The summed E-state index contributed by atoms with van der Waals surface area (Å²) in [4.78, 5) is 41.6. The Morgan fingerprint density at radius 3 is 2.78 bits per heavy atom. The Kier molecular flexibility index (Phi) is 7.33. The van der Waals surface area contributed by atoms with Crippen LogP contribution in [0.4, 0.5) is 11.5 Å². The minimum atomic E-state index is -0.741. The summed E-state index contributed by atoms with van der Waals surface area (Å²) in [6, 6.07) is 10.5. The van der Waals surface area contributed by atoms with Gasteiger partial charge < -0.3 is 14.9 Å². The van der Waals surface area contributed by atoms with Gasteiger partial charge in [0, 0.05) is 12.6 Å². The van der Waals surface area contributed by atoms with Crippen LogP contribution in [0.1, 0.15) is 31.1 Å². The number of carbonyl (C=O) groups is 1. The number of methoxy groups -OCH3 is 1. The molecule has 0 spiro atoms. The van der Waals surface area contributed by atoms with E-state index in [4.69, 9.17) is 14.9 Å². The number of nitrogens with one attached hydrogen (secondary N) is 1. The predicted octanol–water partition coefficient (Wildman–Crippen LogP) is 2.77. The van der Waals surface area contributed by atoms with E-state index in [0.717, 1.165) is 12.0 Å². The van der Waals surface area contributed by atoms with Gasteiger partial charge in [0.1, 0.15) is 17.3 Å². The molecular weight excluding hydrogens is 412 g/mol. The van der Waals surface area contributed by atoms with E-state index < -0.39 is 17.2 Å². The zero-order valence-electron chi connectivity index (χ0n) is 18.0. The second-order valence-corrected chi connectivity index (χ2v) is 7.11. The zero-order chi connectivity index (χ0) is 23.1. The van der Waals surface area contributed by atoms with Crippen molar-refractivity contribution in [3.63, 3.8) is 0 Å². The number of amides is 1. The average Bonchev–Trinajstić information content (AvgIpc) is 3.30. The summed E-state index contributed by atoms with van der Waals surface area (Å²) in [5.74, 6) is 0.540. The predicted molar refractivity (Wildman–Crippen MR) is 123 cm³/mol. The van der Waals surface area contributed by atoms with Crippen LogP contribution < -0.4 is 26.6 Å². The number of hydrogen-bond acceptors (Lipinski definition) is 6. The van der Waals surface area contributed by atoms with Crippen LogP contribution >= 0.6 is 0 Å². The lowest BCUT2D eigenvalue weighted by Gasteiger charge is -2.22. The molecule has 3 aromatic rings. The summed E-state index contributed by atoms with van der Waals surface area (Å²) in [6.07, 6.45) is 5.94. The van der Waals surface area contributed by atoms with Crippen molar-refractivity contribution < 1.29 is 13.9 Å². The lowest BCUT2D eigenvalue weighted by Crippen LogP contribution is -2.40. The molecule has 3 N–H and O–H groups in total. The van der Waals surface area contributed by atoms with E-state index in [-0.39, 0.29) is 18.1 Å². The third-order valence-electron chi connectivity index (χ3n) is 4.89. The van der Waals surface area contributed by atoms with Crippen molar-refractivity contribution in [2.45, 2.75) is 32.9 Å². The summed E-state index contributed by atoms with van der Waals surface area (Å²) in [5.41, 5.74) is 5.51. The third-order valence-corrected chi connectivity index (χ3v) is 4.89. The van der Waals surface area contributed by atoms with Crippen molar-refractivity contribution in [1.82, 2.24) is 9.55 Å². The van der Waals surface area contributed by atoms with Gasteiger partial charge in [0.15, 0.2) is 5.69 Å². The second-order valence-electron chi connectivity index (χ2n) is 7.11. The molecule has 0 aliphatic heterocycles. The monoisotopic (exact) mass is 438 g/mol. The first-order chi connectivity index (χ1) is 15.4. The number of H-pyrrole nitrogens is 1. The number of benzene rings is 1. The number of nitrogen functional groups attached to an aromatic ring is 1. The first-order valence-electron chi connectivity index (χ1n) is 10.2. The lowest BCUT2D eigenvalue weighted by atomic mass is 10.2. The quantitative estimate of drug-likeness (QED) is 0.495. The van der Waals surface area contributed by atoms with Crippen LogP contribution in [-0.4, -0.2) is 22.6 Å². The third kappa shape index (κ3) is 5.18. The smallest absolute Gasteiger partial charge is 0.330 e. The van der Waals surface area contributed by atoms with Gasteiger partial charge >= 0.3 is 5.69 Å². The molecule has 0 unspecified atom stereocenters. The highest BCUT2D eigenvalue weighted by Gasteiger charge is 2.24.